The van der Waals surface area contributed by atoms with E-state index >= 15 is 0 Å². The highest BCUT2D eigenvalue weighted by atomic mass is 32.2. The highest BCUT2D eigenvalue weighted by Crippen LogP contribution is 1.84. The first kappa shape index (κ1) is 9.45. The second-order valence-corrected chi connectivity index (χ2v) is 3.07. The predicted octanol–water partition coefficient (Wildman–Crippen LogP) is 0.424. The zero-order valence-corrected chi connectivity index (χ0v) is 6.47. The molecule has 5 heteroatoms. The van der Waals surface area contributed by atoms with Crippen molar-refractivity contribution in [2.75, 3.05) is 12.4 Å². The molecule has 10 heavy (non-hydrogen) atoms. The van der Waals surface area contributed by atoms with Gasteiger partial charge in [0.2, 0.25) is 0 Å². The number of ether oxygens (including phenoxy) is 1. The van der Waals surface area contributed by atoms with Gasteiger partial charge < -0.3 is 4.74 Å². The van der Waals surface area contributed by atoms with Crippen LogP contribution in [0.2, 0.25) is 0 Å². The van der Waals surface area contributed by atoms with Crippen LogP contribution in [0.3, 0.4) is 0 Å². The molecule has 0 aliphatic rings. The molecule has 0 atom stereocenters. The largest absolute Gasteiger partial charge is 0.502 e. The summed E-state index contributed by atoms with van der Waals surface area (Å²) in [5, 5.41) is 0. The molecule has 0 fully saturated rings. The van der Waals surface area contributed by atoms with Gasteiger partial charge in [-0.1, -0.05) is 0 Å². The Morgan fingerprint density at radius 1 is 1.60 bits per heavy atom. The Kier molecular flexibility index (Phi) is 4.06. The van der Waals surface area contributed by atoms with Crippen molar-refractivity contribution in [1.82, 2.24) is 0 Å². The molecule has 0 saturated heterocycles. The van der Waals surface area contributed by atoms with Crippen molar-refractivity contribution in [3.05, 3.63) is 12.3 Å². The Balaban J connectivity index is 3.55. The van der Waals surface area contributed by atoms with Crippen molar-refractivity contribution < 1.29 is 17.7 Å². The molecule has 0 aromatic heterocycles. The Labute approximate surface area is 60.3 Å². The van der Waals surface area contributed by atoms with Gasteiger partial charge >= 0.3 is 0 Å². The van der Waals surface area contributed by atoms with Crippen LogP contribution in [0.4, 0.5) is 0 Å². The van der Waals surface area contributed by atoms with Crippen LogP contribution in [-0.2, 0) is 14.9 Å². The molecule has 0 heterocycles. The molecule has 0 aromatic carbocycles. The summed E-state index contributed by atoms with van der Waals surface area (Å²) in [5.41, 5.74) is 0. The Morgan fingerprint density at radius 2 is 2.20 bits per heavy atom. The van der Waals surface area contributed by atoms with Crippen LogP contribution in [0.1, 0.15) is 6.92 Å². The Morgan fingerprint density at radius 3 is 2.60 bits per heavy atom. The average molecular weight is 166 g/mol. The van der Waals surface area contributed by atoms with E-state index in [9.17, 15) is 8.42 Å². The summed E-state index contributed by atoms with van der Waals surface area (Å²) >= 11 is 0. The lowest BCUT2D eigenvalue weighted by atomic mass is 10.7. The minimum Gasteiger partial charge on any atom is -0.502 e. The normalized spacial score (nSPS) is 12.2. The standard InChI is InChI=1S/C5H10O4S/c1-2-9-4-3-5-10(6,7)8/h3-4H,2,5H2,1H3,(H,6,7,8). The summed E-state index contributed by atoms with van der Waals surface area (Å²) < 4.78 is 32.9. The van der Waals surface area contributed by atoms with Crippen molar-refractivity contribution in [3.63, 3.8) is 0 Å². The van der Waals surface area contributed by atoms with E-state index in [2.05, 4.69) is 4.74 Å². The second-order valence-electron chi connectivity index (χ2n) is 1.58. The average Bonchev–Trinajstić information content (AvgIpc) is 1.78. The molecule has 0 amide bonds. The molecule has 1 N–H and O–H groups in total. The van der Waals surface area contributed by atoms with Crippen LogP contribution in [0.5, 0.6) is 0 Å². The van der Waals surface area contributed by atoms with Gasteiger partial charge in [0.05, 0.1) is 18.6 Å². The zero-order valence-electron chi connectivity index (χ0n) is 5.65. The van der Waals surface area contributed by atoms with Gasteiger partial charge in [-0.3, -0.25) is 4.55 Å². The molecule has 0 aromatic rings. The van der Waals surface area contributed by atoms with Gasteiger partial charge in [-0.05, 0) is 13.0 Å². The maximum atomic E-state index is 10.0. The van der Waals surface area contributed by atoms with E-state index in [1.807, 2.05) is 0 Å². The molecule has 0 radical (unpaired) electrons. The lowest BCUT2D eigenvalue weighted by Crippen LogP contribution is -2.00. The molecule has 60 valence electrons. The number of rotatable bonds is 4. The van der Waals surface area contributed by atoms with E-state index in [0.717, 1.165) is 0 Å². The van der Waals surface area contributed by atoms with Gasteiger partial charge in [0.25, 0.3) is 10.1 Å². The Bertz CT molecular complexity index is 192. The summed E-state index contributed by atoms with van der Waals surface area (Å²) in [6, 6.07) is 0. The van der Waals surface area contributed by atoms with E-state index in [-0.39, 0.29) is 0 Å². The molecule has 0 saturated carbocycles. The number of hydrogen-bond donors (Lipinski definition) is 1. The lowest BCUT2D eigenvalue weighted by molar-refractivity contribution is 0.268. The Hall–Kier alpha value is -0.550. The second kappa shape index (κ2) is 4.29. The fourth-order valence-corrected chi connectivity index (χ4v) is 0.647. The number of hydrogen-bond acceptors (Lipinski definition) is 3. The van der Waals surface area contributed by atoms with E-state index < -0.39 is 15.9 Å². The first-order valence-electron chi connectivity index (χ1n) is 2.78. The third-order valence-electron chi connectivity index (χ3n) is 0.666. The van der Waals surface area contributed by atoms with Crippen LogP contribution in [0, 0.1) is 0 Å². The molecular weight excluding hydrogens is 156 g/mol. The van der Waals surface area contributed by atoms with Gasteiger partial charge in [-0.15, -0.1) is 0 Å². The van der Waals surface area contributed by atoms with Gasteiger partial charge in [0.1, 0.15) is 0 Å². The van der Waals surface area contributed by atoms with Crippen molar-refractivity contribution in [1.29, 1.82) is 0 Å². The first-order chi connectivity index (χ1) is 4.56. The molecule has 4 nitrogen and oxygen atoms in total. The minimum atomic E-state index is -3.87. The van der Waals surface area contributed by atoms with E-state index in [1.54, 1.807) is 6.92 Å². The minimum absolute atomic E-state index is 0.396. The van der Waals surface area contributed by atoms with E-state index in [1.165, 1.54) is 12.3 Å². The highest BCUT2D eigenvalue weighted by Gasteiger charge is 1.97. The van der Waals surface area contributed by atoms with Crippen LogP contribution in [0.15, 0.2) is 12.3 Å². The van der Waals surface area contributed by atoms with Crippen molar-refractivity contribution in [2.45, 2.75) is 6.92 Å². The smallest absolute Gasteiger partial charge is 0.268 e. The van der Waals surface area contributed by atoms with Gasteiger partial charge in [0, 0.05) is 0 Å². The monoisotopic (exact) mass is 166 g/mol. The fraction of sp³-hybridized carbons (Fsp3) is 0.600. The summed E-state index contributed by atoms with van der Waals surface area (Å²) in [6.45, 7) is 2.26. The van der Waals surface area contributed by atoms with Crippen LogP contribution >= 0.6 is 0 Å². The maximum Gasteiger partial charge on any atom is 0.268 e. The van der Waals surface area contributed by atoms with Crippen LogP contribution < -0.4 is 0 Å². The third kappa shape index (κ3) is 7.45. The van der Waals surface area contributed by atoms with Crippen molar-refractivity contribution >= 4 is 10.1 Å². The summed E-state index contributed by atoms with van der Waals surface area (Å²) in [4.78, 5) is 0. The van der Waals surface area contributed by atoms with E-state index in [0.29, 0.717) is 6.61 Å². The van der Waals surface area contributed by atoms with Gasteiger partial charge in [-0.2, -0.15) is 8.42 Å². The van der Waals surface area contributed by atoms with Gasteiger partial charge in [0.15, 0.2) is 0 Å². The highest BCUT2D eigenvalue weighted by molar-refractivity contribution is 7.85. The molecular formula is C5H10O4S. The molecule has 0 rings (SSSR count). The zero-order chi connectivity index (χ0) is 8.04. The van der Waals surface area contributed by atoms with Crippen molar-refractivity contribution in [2.24, 2.45) is 0 Å². The van der Waals surface area contributed by atoms with Crippen molar-refractivity contribution in [3.8, 4) is 0 Å². The van der Waals surface area contributed by atoms with E-state index in [4.69, 9.17) is 4.55 Å². The summed E-state index contributed by atoms with van der Waals surface area (Å²) in [7, 11) is -3.87. The molecule has 0 unspecified atom stereocenters. The third-order valence-corrected chi connectivity index (χ3v) is 1.28. The molecule has 0 aliphatic carbocycles. The predicted molar refractivity (Wildman–Crippen MR) is 37.2 cm³/mol. The topological polar surface area (TPSA) is 63.6 Å². The van der Waals surface area contributed by atoms with Crippen LogP contribution in [-0.4, -0.2) is 25.3 Å². The van der Waals surface area contributed by atoms with Crippen LogP contribution in [0.25, 0.3) is 0 Å². The quantitative estimate of drug-likeness (QED) is 0.485. The fourth-order valence-electron chi connectivity index (χ4n) is 0.325. The maximum absolute atomic E-state index is 10.0. The summed E-state index contributed by atoms with van der Waals surface area (Å²) in [5.74, 6) is -0.396. The SMILES string of the molecule is CCOC=CCS(=O)(=O)O. The first-order valence-corrected chi connectivity index (χ1v) is 4.39. The summed E-state index contributed by atoms with van der Waals surface area (Å²) in [6.07, 6.45) is 2.48. The molecule has 0 aliphatic heterocycles. The molecule has 0 bridgehead atoms. The molecule has 0 spiro atoms. The lowest BCUT2D eigenvalue weighted by Gasteiger charge is -1.90. The van der Waals surface area contributed by atoms with Gasteiger partial charge in [-0.25, -0.2) is 0 Å².